The van der Waals surface area contributed by atoms with E-state index < -0.39 is 18.8 Å². The molecule has 132 valence electrons. The number of anilines is 2. The number of ether oxygens (including phenoxy) is 1. The summed E-state index contributed by atoms with van der Waals surface area (Å²) >= 11 is 0. The monoisotopic (exact) mass is 344 g/mol. The van der Waals surface area contributed by atoms with Crippen molar-refractivity contribution in [2.45, 2.75) is 32.4 Å². The summed E-state index contributed by atoms with van der Waals surface area (Å²) < 4.78 is 20.2. The number of fused-ring (bicyclic) bond motifs is 3. The fraction of sp³-hybridized carbons (Fsp3) is 0.444. The van der Waals surface area contributed by atoms with Crippen molar-refractivity contribution < 1.29 is 13.9 Å². The molecule has 1 atom stereocenters. The summed E-state index contributed by atoms with van der Waals surface area (Å²) in [6.45, 7) is 3.19. The molecule has 1 N–H and O–H groups in total. The van der Waals surface area contributed by atoms with Gasteiger partial charge >= 0.3 is 6.09 Å². The number of alkyl halides is 1. The van der Waals surface area contributed by atoms with Crippen LogP contribution in [0.25, 0.3) is 11.4 Å². The molecule has 2 aliphatic heterocycles. The molecule has 6 nitrogen and oxygen atoms in total. The van der Waals surface area contributed by atoms with Gasteiger partial charge in [-0.3, -0.25) is 4.90 Å². The predicted octanol–water partition coefficient (Wildman–Crippen LogP) is 3.22. The van der Waals surface area contributed by atoms with E-state index in [9.17, 15) is 9.18 Å². The Hall–Kier alpha value is -2.57. The van der Waals surface area contributed by atoms with Gasteiger partial charge in [0.05, 0.1) is 0 Å². The van der Waals surface area contributed by atoms with Crippen molar-refractivity contribution in [2.24, 2.45) is 0 Å². The number of imidazole rings is 1. The highest BCUT2D eigenvalue weighted by Gasteiger charge is 2.36. The first-order chi connectivity index (χ1) is 12.2. The number of carbonyl (C=O) groups excluding carboxylic acids is 1. The van der Waals surface area contributed by atoms with Gasteiger partial charge in [-0.2, -0.15) is 0 Å². The molecule has 7 heteroatoms. The van der Waals surface area contributed by atoms with Crippen molar-refractivity contribution in [2.75, 3.05) is 30.0 Å². The largest absolute Gasteiger partial charge is 0.447 e. The average molecular weight is 344 g/mol. The second kappa shape index (κ2) is 6.38. The first kappa shape index (κ1) is 15.9. The summed E-state index contributed by atoms with van der Waals surface area (Å²) in [5.41, 5.74) is 3.40. The standard InChI is InChI=1S/C18H21FN4O2/c1-2-20-13-5-6-15-12(8-13)4-3-7-22-10-16(21-17(15)22)23-14(9-19)11-25-18(23)24/h5-6,8,10,14,20H,2-4,7,9,11H2,1H3. The van der Waals surface area contributed by atoms with Gasteiger partial charge in [0, 0.05) is 30.5 Å². The second-order valence-corrected chi connectivity index (χ2v) is 6.38. The maximum Gasteiger partial charge on any atom is 0.416 e. The molecule has 0 saturated carbocycles. The minimum atomic E-state index is -0.642. The molecule has 1 unspecified atom stereocenters. The van der Waals surface area contributed by atoms with Crippen LogP contribution in [-0.2, 0) is 17.7 Å². The fourth-order valence-electron chi connectivity index (χ4n) is 3.53. The minimum Gasteiger partial charge on any atom is -0.447 e. The summed E-state index contributed by atoms with van der Waals surface area (Å²) in [6, 6.07) is 5.68. The van der Waals surface area contributed by atoms with Crippen molar-refractivity contribution in [3.8, 4) is 11.4 Å². The molecule has 0 bridgehead atoms. The van der Waals surface area contributed by atoms with Gasteiger partial charge < -0.3 is 14.6 Å². The lowest BCUT2D eigenvalue weighted by Gasteiger charge is -2.15. The molecule has 1 fully saturated rings. The molecular formula is C18H21FN4O2. The van der Waals surface area contributed by atoms with E-state index >= 15 is 0 Å². The molecule has 2 aromatic rings. The Morgan fingerprint density at radius 3 is 3.12 bits per heavy atom. The lowest BCUT2D eigenvalue weighted by molar-refractivity contribution is 0.177. The van der Waals surface area contributed by atoms with E-state index in [1.54, 1.807) is 0 Å². The number of carbonyl (C=O) groups is 1. The Balaban J connectivity index is 1.74. The van der Waals surface area contributed by atoms with E-state index in [1.165, 1.54) is 10.5 Å². The van der Waals surface area contributed by atoms with Crippen LogP contribution in [-0.4, -0.2) is 41.5 Å². The van der Waals surface area contributed by atoms with Crippen LogP contribution in [0, 0.1) is 0 Å². The number of nitrogens with one attached hydrogen (secondary N) is 1. The number of halogens is 1. The predicted molar refractivity (Wildman–Crippen MR) is 93.7 cm³/mol. The smallest absolute Gasteiger partial charge is 0.416 e. The van der Waals surface area contributed by atoms with E-state index in [-0.39, 0.29) is 6.61 Å². The van der Waals surface area contributed by atoms with Crippen LogP contribution >= 0.6 is 0 Å². The molecule has 0 spiro atoms. The van der Waals surface area contributed by atoms with Crippen molar-refractivity contribution in [1.82, 2.24) is 9.55 Å². The van der Waals surface area contributed by atoms with Crippen LogP contribution in [0.4, 0.5) is 20.7 Å². The summed E-state index contributed by atoms with van der Waals surface area (Å²) in [7, 11) is 0. The molecule has 0 radical (unpaired) electrons. The zero-order valence-corrected chi connectivity index (χ0v) is 14.2. The number of hydrogen-bond acceptors (Lipinski definition) is 4. The average Bonchev–Trinajstić information content (AvgIpc) is 3.14. The zero-order valence-electron chi connectivity index (χ0n) is 14.2. The van der Waals surface area contributed by atoms with Gasteiger partial charge in [-0.25, -0.2) is 14.2 Å². The Bertz CT molecular complexity index is 804. The molecule has 4 rings (SSSR count). The molecule has 1 aromatic carbocycles. The number of rotatable bonds is 4. The molecule has 3 heterocycles. The maximum absolute atomic E-state index is 13.2. The lowest BCUT2D eigenvalue weighted by Crippen LogP contribution is -2.35. The normalized spacial score (nSPS) is 19.2. The fourth-order valence-corrected chi connectivity index (χ4v) is 3.53. The van der Waals surface area contributed by atoms with E-state index in [4.69, 9.17) is 4.74 Å². The minimum absolute atomic E-state index is 0.0696. The van der Waals surface area contributed by atoms with Gasteiger partial charge in [0.25, 0.3) is 0 Å². The lowest BCUT2D eigenvalue weighted by atomic mass is 10.0. The van der Waals surface area contributed by atoms with Crippen molar-refractivity contribution in [3.63, 3.8) is 0 Å². The number of amides is 1. The van der Waals surface area contributed by atoms with Crippen LogP contribution in [0.15, 0.2) is 24.4 Å². The molecule has 25 heavy (non-hydrogen) atoms. The first-order valence-corrected chi connectivity index (χ1v) is 8.67. The van der Waals surface area contributed by atoms with Gasteiger partial charge in [0.15, 0.2) is 5.82 Å². The van der Waals surface area contributed by atoms with Gasteiger partial charge in [0.2, 0.25) is 0 Å². The Kier molecular flexibility index (Phi) is 4.07. The van der Waals surface area contributed by atoms with Crippen molar-refractivity contribution in [1.29, 1.82) is 0 Å². The molecule has 1 aromatic heterocycles. The maximum atomic E-state index is 13.2. The quantitative estimate of drug-likeness (QED) is 0.925. The van der Waals surface area contributed by atoms with Crippen LogP contribution in [0.3, 0.4) is 0 Å². The topological polar surface area (TPSA) is 59.4 Å². The van der Waals surface area contributed by atoms with Gasteiger partial charge in [-0.05, 0) is 43.5 Å². The molecule has 2 aliphatic rings. The number of benzene rings is 1. The molecule has 0 aliphatic carbocycles. The first-order valence-electron chi connectivity index (χ1n) is 8.67. The van der Waals surface area contributed by atoms with Gasteiger partial charge in [-0.15, -0.1) is 0 Å². The van der Waals surface area contributed by atoms with Crippen LogP contribution in [0.1, 0.15) is 18.9 Å². The number of cyclic esters (lactones) is 1. The van der Waals surface area contributed by atoms with Gasteiger partial charge in [0.1, 0.15) is 25.1 Å². The van der Waals surface area contributed by atoms with Gasteiger partial charge in [-0.1, -0.05) is 0 Å². The number of nitrogens with zero attached hydrogens (tertiary/aromatic N) is 3. The third kappa shape index (κ3) is 2.73. The summed E-state index contributed by atoms with van der Waals surface area (Å²) in [5.74, 6) is 1.28. The molecule has 1 saturated heterocycles. The van der Waals surface area contributed by atoms with Crippen LogP contribution in [0.5, 0.6) is 0 Å². The zero-order chi connectivity index (χ0) is 17.4. The highest BCUT2D eigenvalue weighted by Crippen LogP contribution is 2.33. The third-order valence-electron chi connectivity index (χ3n) is 4.72. The number of hydrogen-bond donors (Lipinski definition) is 1. The second-order valence-electron chi connectivity index (χ2n) is 6.38. The van der Waals surface area contributed by atoms with E-state index in [0.717, 1.165) is 43.0 Å². The molecule has 1 amide bonds. The van der Waals surface area contributed by atoms with Crippen molar-refractivity contribution in [3.05, 3.63) is 30.0 Å². The number of aryl methyl sites for hydroxylation is 2. The molecular weight excluding hydrogens is 323 g/mol. The SMILES string of the molecule is CCNc1ccc2c(c1)CCCn1cc(N3C(=O)OCC3CF)nc1-2. The Labute approximate surface area is 145 Å². The van der Waals surface area contributed by atoms with E-state index in [0.29, 0.717) is 5.82 Å². The van der Waals surface area contributed by atoms with Crippen LogP contribution < -0.4 is 10.2 Å². The van der Waals surface area contributed by atoms with Crippen LogP contribution in [0.2, 0.25) is 0 Å². The highest BCUT2D eigenvalue weighted by atomic mass is 19.1. The number of aromatic nitrogens is 2. The summed E-state index contributed by atoms with van der Waals surface area (Å²) in [6.07, 6.45) is 3.27. The Morgan fingerprint density at radius 1 is 1.44 bits per heavy atom. The Morgan fingerprint density at radius 2 is 2.32 bits per heavy atom. The van der Waals surface area contributed by atoms with Crippen molar-refractivity contribution >= 4 is 17.6 Å². The highest BCUT2D eigenvalue weighted by molar-refractivity contribution is 5.89. The van der Waals surface area contributed by atoms with E-state index in [2.05, 4.69) is 33.9 Å². The van der Waals surface area contributed by atoms with E-state index in [1.807, 2.05) is 12.3 Å². The summed E-state index contributed by atoms with van der Waals surface area (Å²) in [4.78, 5) is 18.0. The third-order valence-corrected chi connectivity index (χ3v) is 4.72. The summed E-state index contributed by atoms with van der Waals surface area (Å²) in [5, 5.41) is 3.33.